The highest BCUT2D eigenvalue weighted by Gasteiger charge is 2.39. The van der Waals surface area contributed by atoms with Gasteiger partial charge >= 0.3 is 0 Å². The molecule has 1 N–H and O–H groups in total. The largest absolute Gasteiger partial charge is 0.375 e. The van der Waals surface area contributed by atoms with Gasteiger partial charge in [0, 0.05) is 30.8 Å². The maximum atomic E-state index is 6.23. The van der Waals surface area contributed by atoms with Crippen molar-refractivity contribution in [1.82, 2.24) is 15.2 Å². The third-order valence-corrected chi connectivity index (χ3v) is 5.76. The average Bonchev–Trinajstić information content (AvgIpc) is 2.63. The third kappa shape index (κ3) is 3.18. The Morgan fingerprint density at radius 2 is 2.08 bits per heavy atom. The molecule has 4 nitrogen and oxygen atoms in total. The van der Waals surface area contributed by atoms with E-state index < -0.39 is 0 Å². The zero-order valence-electron chi connectivity index (χ0n) is 14.5. The minimum atomic E-state index is 0.114. The van der Waals surface area contributed by atoms with Crippen molar-refractivity contribution in [2.45, 2.75) is 43.9 Å². The molecule has 128 valence electrons. The summed E-state index contributed by atoms with van der Waals surface area (Å²) in [6.45, 7) is 4.05. The van der Waals surface area contributed by atoms with E-state index in [4.69, 9.17) is 4.74 Å². The summed E-state index contributed by atoms with van der Waals surface area (Å²) < 4.78 is 6.23. The number of benzene rings is 1. The summed E-state index contributed by atoms with van der Waals surface area (Å²) in [7, 11) is 2.26. The number of nitrogens with zero attached hydrogens (tertiary/aromatic N) is 2. The van der Waals surface area contributed by atoms with Crippen LogP contribution in [0.15, 0.2) is 36.5 Å². The van der Waals surface area contributed by atoms with Crippen LogP contribution >= 0.6 is 0 Å². The lowest BCUT2D eigenvalue weighted by molar-refractivity contribution is -0.119. The number of hydrogen-bond donors (Lipinski definition) is 1. The van der Waals surface area contributed by atoms with Crippen molar-refractivity contribution >= 4 is 10.9 Å². The lowest BCUT2D eigenvalue weighted by Gasteiger charge is -2.46. The summed E-state index contributed by atoms with van der Waals surface area (Å²) in [6, 6.07) is 11.2. The molecule has 0 aliphatic carbocycles. The van der Waals surface area contributed by atoms with Gasteiger partial charge in [-0.3, -0.25) is 9.88 Å². The predicted molar refractivity (Wildman–Crippen MR) is 97.0 cm³/mol. The van der Waals surface area contributed by atoms with E-state index in [2.05, 4.69) is 52.6 Å². The van der Waals surface area contributed by atoms with Crippen molar-refractivity contribution in [3.8, 4) is 0 Å². The molecular formula is C20H27N3O. The van der Waals surface area contributed by atoms with Crippen LogP contribution in [0.2, 0.25) is 0 Å². The Labute approximate surface area is 144 Å². The second-order valence-corrected chi connectivity index (χ2v) is 7.33. The molecule has 1 aromatic carbocycles. The van der Waals surface area contributed by atoms with Gasteiger partial charge in [-0.25, -0.2) is 0 Å². The number of hydrogen-bond acceptors (Lipinski definition) is 4. The van der Waals surface area contributed by atoms with Crippen LogP contribution in [0.5, 0.6) is 0 Å². The van der Waals surface area contributed by atoms with Gasteiger partial charge in [-0.15, -0.1) is 0 Å². The summed E-state index contributed by atoms with van der Waals surface area (Å²) in [4.78, 5) is 7.01. The van der Waals surface area contributed by atoms with Gasteiger partial charge < -0.3 is 10.1 Å². The number of nitrogens with one attached hydrogen (secondary N) is 1. The second-order valence-electron chi connectivity index (χ2n) is 7.33. The fourth-order valence-electron chi connectivity index (χ4n) is 4.30. The highest BCUT2D eigenvalue weighted by atomic mass is 16.5. The van der Waals surface area contributed by atoms with Gasteiger partial charge in [0.2, 0.25) is 0 Å². The topological polar surface area (TPSA) is 37.4 Å². The average molecular weight is 325 g/mol. The van der Waals surface area contributed by atoms with Crippen LogP contribution in [-0.2, 0) is 11.3 Å². The Morgan fingerprint density at radius 3 is 2.96 bits per heavy atom. The van der Waals surface area contributed by atoms with Crippen LogP contribution in [0.1, 0.15) is 31.2 Å². The molecule has 3 heterocycles. The molecule has 0 amide bonds. The Hall–Kier alpha value is -1.49. The number of fused-ring (bicyclic) bond motifs is 1. The zero-order valence-corrected chi connectivity index (χ0v) is 14.5. The Bertz CT molecular complexity index is 685. The fourth-order valence-corrected chi connectivity index (χ4v) is 4.30. The van der Waals surface area contributed by atoms with E-state index in [1.807, 2.05) is 6.20 Å². The SMILES string of the molecule is CN(Cc1ccnc2ccccc12)C1CCOC2(CCNCC2)C1. The smallest absolute Gasteiger partial charge is 0.0721 e. The monoisotopic (exact) mass is 325 g/mol. The van der Waals surface area contributed by atoms with E-state index in [0.29, 0.717) is 6.04 Å². The maximum Gasteiger partial charge on any atom is 0.0721 e. The molecule has 4 rings (SSSR count). The predicted octanol–water partition coefficient (Wildman–Crippen LogP) is 2.97. The molecule has 1 unspecified atom stereocenters. The molecule has 2 saturated heterocycles. The Balaban J connectivity index is 1.50. The number of aromatic nitrogens is 1. The molecule has 1 spiro atoms. The molecule has 24 heavy (non-hydrogen) atoms. The lowest BCUT2D eigenvalue weighted by Crippen LogP contribution is -2.52. The fraction of sp³-hybridized carbons (Fsp3) is 0.550. The van der Waals surface area contributed by atoms with Gasteiger partial charge in [0.1, 0.15) is 0 Å². The van der Waals surface area contributed by atoms with E-state index in [0.717, 1.165) is 57.4 Å². The summed E-state index contributed by atoms with van der Waals surface area (Å²) in [5.41, 5.74) is 2.57. The van der Waals surface area contributed by atoms with Gasteiger partial charge in [-0.2, -0.15) is 0 Å². The zero-order chi connectivity index (χ0) is 16.4. The molecule has 1 aromatic heterocycles. The minimum Gasteiger partial charge on any atom is -0.375 e. The second kappa shape index (κ2) is 6.79. The first-order valence-electron chi connectivity index (χ1n) is 9.13. The van der Waals surface area contributed by atoms with Crippen molar-refractivity contribution in [1.29, 1.82) is 0 Å². The molecular weight excluding hydrogens is 298 g/mol. The first-order valence-corrected chi connectivity index (χ1v) is 9.13. The summed E-state index contributed by atoms with van der Waals surface area (Å²) in [6.07, 6.45) is 6.53. The van der Waals surface area contributed by atoms with Crippen LogP contribution < -0.4 is 5.32 Å². The van der Waals surface area contributed by atoms with Crippen molar-refractivity contribution in [3.63, 3.8) is 0 Å². The van der Waals surface area contributed by atoms with Crippen LogP contribution in [0.3, 0.4) is 0 Å². The Kier molecular flexibility index (Phi) is 4.53. The molecule has 0 saturated carbocycles. The lowest BCUT2D eigenvalue weighted by atomic mass is 9.82. The summed E-state index contributed by atoms with van der Waals surface area (Å²) >= 11 is 0. The molecule has 2 aromatic rings. The Morgan fingerprint density at radius 1 is 1.25 bits per heavy atom. The highest BCUT2D eigenvalue weighted by molar-refractivity contribution is 5.81. The first-order chi connectivity index (χ1) is 11.8. The first kappa shape index (κ1) is 16.0. The molecule has 0 bridgehead atoms. The molecule has 2 aliphatic rings. The summed E-state index contributed by atoms with van der Waals surface area (Å²) in [5.74, 6) is 0. The normalized spacial score (nSPS) is 23.8. The van der Waals surface area contributed by atoms with E-state index in [1.54, 1.807) is 0 Å². The van der Waals surface area contributed by atoms with Crippen molar-refractivity contribution in [3.05, 3.63) is 42.1 Å². The molecule has 1 atom stereocenters. The quantitative estimate of drug-likeness (QED) is 0.941. The van der Waals surface area contributed by atoms with Crippen LogP contribution in [0, 0.1) is 0 Å². The minimum absolute atomic E-state index is 0.114. The molecule has 4 heteroatoms. The molecule has 2 aliphatic heterocycles. The molecule has 0 radical (unpaired) electrons. The number of pyridine rings is 1. The van der Waals surface area contributed by atoms with E-state index >= 15 is 0 Å². The van der Waals surface area contributed by atoms with Gasteiger partial charge in [-0.1, -0.05) is 18.2 Å². The van der Waals surface area contributed by atoms with Crippen molar-refractivity contribution in [2.75, 3.05) is 26.7 Å². The summed E-state index contributed by atoms with van der Waals surface area (Å²) in [5, 5.41) is 4.73. The van der Waals surface area contributed by atoms with E-state index in [1.165, 1.54) is 10.9 Å². The van der Waals surface area contributed by atoms with Gasteiger partial charge in [0.15, 0.2) is 0 Å². The van der Waals surface area contributed by atoms with Crippen molar-refractivity contribution < 1.29 is 4.74 Å². The van der Waals surface area contributed by atoms with Gasteiger partial charge in [0.25, 0.3) is 0 Å². The highest BCUT2D eigenvalue weighted by Crippen LogP contribution is 2.35. The van der Waals surface area contributed by atoms with E-state index in [-0.39, 0.29) is 5.60 Å². The maximum absolute atomic E-state index is 6.23. The number of para-hydroxylation sites is 1. The number of ether oxygens (including phenoxy) is 1. The molecule has 2 fully saturated rings. The van der Waals surface area contributed by atoms with Crippen molar-refractivity contribution in [2.24, 2.45) is 0 Å². The van der Waals surface area contributed by atoms with E-state index in [9.17, 15) is 0 Å². The van der Waals surface area contributed by atoms with Gasteiger partial charge in [0.05, 0.1) is 11.1 Å². The third-order valence-electron chi connectivity index (χ3n) is 5.76. The number of rotatable bonds is 3. The van der Waals surface area contributed by atoms with Gasteiger partial charge in [-0.05, 0) is 63.5 Å². The van der Waals surface area contributed by atoms with Crippen LogP contribution in [0.4, 0.5) is 0 Å². The van der Waals surface area contributed by atoms with Crippen LogP contribution in [-0.4, -0.2) is 48.3 Å². The standard InChI is InChI=1S/C20H27N3O/c1-23(15-16-6-10-22-19-5-3-2-4-18(16)19)17-7-13-24-20(14-17)8-11-21-12-9-20/h2-6,10,17,21H,7-9,11-15H2,1H3. The number of piperidine rings is 1. The van der Waals surface area contributed by atoms with Crippen LogP contribution in [0.25, 0.3) is 10.9 Å².